The monoisotopic (exact) mass is 242 g/mol. The Morgan fingerprint density at radius 1 is 1.53 bits per heavy atom. The summed E-state index contributed by atoms with van der Waals surface area (Å²) in [6, 6.07) is 0. The summed E-state index contributed by atoms with van der Waals surface area (Å²) < 4.78 is 7.05. The average molecular weight is 242 g/mol. The lowest BCUT2D eigenvalue weighted by Gasteiger charge is -2.22. The van der Waals surface area contributed by atoms with Crippen molar-refractivity contribution in [3.8, 4) is 0 Å². The van der Waals surface area contributed by atoms with Crippen molar-refractivity contribution in [2.24, 2.45) is 0 Å². The van der Waals surface area contributed by atoms with Gasteiger partial charge >= 0.3 is 0 Å². The Morgan fingerprint density at radius 2 is 2.29 bits per heavy atom. The summed E-state index contributed by atoms with van der Waals surface area (Å²) in [7, 11) is 1.70. The molecule has 0 aliphatic carbocycles. The summed E-state index contributed by atoms with van der Waals surface area (Å²) in [4.78, 5) is 0. The number of nitrogens with zero attached hydrogens (tertiary/aromatic N) is 3. The number of hydrogen-bond acceptors (Lipinski definition) is 5. The molecule has 0 spiro atoms. The zero-order valence-electron chi connectivity index (χ0n) is 10.8. The maximum absolute atomic E-state index is 8.70. The van der Waals surface area contributed by atoms with E-state index in [2.05, 4.69) is 15.6 Å². The van der Waals surface area contributed by atoms with Crippen LogP contribution in [0.25, 0.3) is 0 Å². The fraction of sp³-hybridized carbons (Fsp3) is 0.818. The summed E-state index contributed by atoms with van der Waals surface area (Å²) >= 11 is 0. The van der Waals surface area contributed by atoms with Gasteiger partial charge in [0.1, 0.15) is 0 Å². The molecule has 98 valence electrons. The van der Waals surface area contributed by atoms with Gasteiger partial charge < -0.3 is 15.2 Å². The molecule has 1 heterocycles. The lowest BCUT2D eigenvalue weighted by Crippen LogP contribution is -2.36. The van der Waals surface area contributed by atoms with Crippen LogP contribution in [0.15, 0.2) is 6.20 Å². The topological polar surface area (TPSA) is 72.2 Å². The number of ether oxygens (including phenoxy) is 1. The van der Waals surface area contributed by atoms with Crippen LogP contribution in [0.3, 0.4) is 0 Å². The molecular formula is C11H22N4O2. The first-order chi connectivity index (χ1) is 8.07. The quantitative estimate of drug-likeness (QED) is 0.680. The van der Waals surface area contributed by atoms with E-state index in [-0.39, 0.29) is 12.2 Å². The molecule has 0 radical (unpaired) electrons. The number of methoxy groups -OCH3 is 1. The highest BCUT2D eigenvalue weighted by Gasteiger charge is 2.15. The van der Waals surface area contributed by atoms with E-state index in [9.17, 15) is 0 Å². The average Bonchev–Trinajstić information content (AvgIpc) is 2.74. The van der Waals surface area contributed by atoms with E-state index in [1.54, 1.807) is 11.8 Å². The Morgan fingerprint density at radius 3 is 2.94 bits per heavy atom. The van der Waals surface area contributed by atoms with Crippen LogP contribution in [-0.2, 0) is 17.8 Å². The highest BCUT2D eigenvalue weighted by atomic mass is 16.5. The van der Waals surface area contributed by atoms with Crippen molar-refractivity contribution in [1.29, 1.82) is 0 Å². The van der Waals surface area contributed by atoms with Gasteiger partial charge in [0, 0.05) is 39.5 Å². The van der Waals surface area contributed by atoms with Crippen LogP contribution >= 0.6 is 0 Å². The molecule has 0 bridgehead atoms. The molecule has 1 aromatic heterocycles. The Kier molecular flexibility index (Phi) is 5.54. The standard InChI is InChI=1S/C11H22N4O2/c1-11(2,17-3)9-12-7-10-8-15(14-13-10)5-4-6-16/h8,12,16H,4-7,9H2,1-3H3. The summed E-state index contributed by atoms with van der Waals surface area (Å²) in [6.45, 7) is 6.36. The predicted octanol–water partition coefficient (Wildman–Crippen LogP) is 0.175. The van der Waals surface area contributed by atoms with E-state index < -0.39 is 0 Å². The summed E-state index contributed by atoms with van der Waals surface area (Å²) in [5.41, 5.74) is 0.724. The second-order valence-corrected chi connectivity index (χ2v) is 4.62. The van der Waals surface area contributed by atoms with Crippen LogP contribution in [-0.4, -0.2) is 46.0 Å². The lowest BCUT2D eigenvalue weighted by molar-refractivity contribution is 0.0230. The van der Waals surface area contributed by atoms with Gasteiger partial charge in [-0.25, -0.2) is 0 Å². The molecule has 1 rings (SSSR count). The van der Waals surface area contributed by atoms with E-state index in [1.165, 1.54) is 0 Å². The molecule has 17 heavy (non-hydrogen) atoms. The highest BCUT2D eigenvalue weighted by molar-refractivity contribution is 4.92. The number of aryl methyl sites for hydroxylation is 1. The van der Waals surface area contributed by atoms with Crippen LogP contribution in [0.5, 0.6) is 0 Å². The lowest BCUT2D eigenvalue weighted by atomic mass is 10.1. The molecule has 0 fully saturated rings. The molecule has 0 aliphatic rings. The van der Waals surface area contributed by atoms with Gasteiger partial charge in [0.15, 0.2) is 0 Å². The number of aliphatic hydroxyl groups is 1. The molecule has 0 amide bonds. The largest absolute Gasteiger partial charge is 0.396 e. The number of aromatic nitrogens is 3. The van der Waals surface area contributed by atoms with Crippen molar-refractivity contribution in [3.63, 3.8) is 0 Å². The summed E-state index contributed by atoms with van der Waals surface area (Å²) in [6.07, 6.45) is 2.59. The molecule has 0 aromatic carbocycles. The Bertz CT molecular complexity index is 325. The van der Waals surface area contributed by atoms with Crippen molar-refractivity contribution in [2.45, 2.75) is 39.0 Å². The Hall–Kier alpha value is -0.980. The number of hydrogen-bond donors (Lipinski definition) is 2. The van der Waals surface area contributed by atoms with Crippen LogP contribution in [0.2, 0.25) is 0 Å². The van der Waals surface area contributed by atoms with Crippen LogP contribution in [0.1, 0.15) is 26.0 Å². The molecule has 1 aromatic rings. The Labute approximate surface area is 102 Å². The zero-order chi connectivity index (χ0) is 12.7. The summed E-state index contributed by atoms with van der Waals surface area (Å²) in [5.74, 6) is 0. The van der Waals surface area contributed by atoms with Crippen molar-refractivity contribution < 1.29 is 9.84 Å². The third-order valence-electron chi connectivity index (χ3n) is 2.54. The summed E-state index contributed by atoms with van der Waals surface area (Å²) in [5, 5.41) is 20.0. The van der Waals surface area contributed by atoms with Gasteiger partial charge in [0.25, 0.3) is 0 Å². The van der Waals surface area contributed by atoms with Crippen molar-refractivity contribution in [1.82, 2.24) is 20.3 Å². The molecule has 2 N–H and O–H groups in total. The van der Waals surface area contributed by atoms with Crippen molar-refractivity contribution in [2.75, 3.05) is 20.3 Å². The molecule has 0 saturated heterocycles. The second-order valence-electron chi connectivity index (χ2n) is 4.62. The van der Waals surface area contributed by atoms with E-state index in [0.29, 0.717) is 19.5 Å². The molecule has 0 saturated carbocycles. The highest BCUT2D eigenvalue weighted by Crippen LogP contribution is 2.05. The number of nitrogens with one attached hydrogen (secondary N) is 1. The minimum atomic E-state index is -0.174. The van der Waals surface area contributed by atoms with Crippen LogP contribution in [0, 0.1) is 0 Å². The fourth-order valence-electron chi connectivity index (χ4n) is 1.33. The first-order valence-corrected chi connectivity index (χ1v) is 5.83. The van der Waals surface area contributed by atoms with E-state index in [0.717, 1.165) is 12.2 Å². The van der Waals surface area contributed by atoms with E-state index in [4.69, 9.17) is 9.84 Å². The fourth-order valence-corrected chi connectivity index (χ4v) is 1.33. The van der Waals surface area contributed by atoms with Crippen LogP contribution in [0.4, 0.5) is 0 Å². The van der Waals surface area contributed by atoms with Gasteiger partial charge in [0.2, 0.25) is 0 Å². The maximum Gasteiger partial charge on any atom is 0.0964 e. The van der Waals surface area contributed by atoms with Gasteiger partial charge in [-0.3, -0.25) is 4.68 Å². The van der Waals surface area contributed by atoms with E-state index >= 15 is 0 Å². The molecule has 0 unspecified atom stereocenters. The van der Waals surface area contributed by atoms with Gasteiger partial charge in [-0.1, -0.05) is 5.21 Å². The van der Waals surface area contributed by atoms with Crippen molar-refractivity contribution in [3.05, 3.63) is 11.9 Å². The molecule has 0 aliphatic heterocycles. The normalized spacial score (nSPS) is 12.0. The number of rotatable bonds is 8. The smallest absolute Gasteiger partial charge is 0.0964 e. The maximum atomic E-state index is 8.70. The molecular weight excluding hydrogens is 220 g/mol. The molecule has 0 atom stereocenters. The molecule has 6 heteroatoms. The first kappa shape index (κ1) is 14.1. The van der Waals surface area contributed by atoms with Gasteiger partial charge in [0.05, 0.1) is 11.3 Å². The zero-order valence-corrected chi connectivity index (χ0v) is 10.8. The number of aliphatic hydroxyl groups excluding tert-OH is 1. The Balaban J connectivity index is 2.30. The first-order valence-electron chi connectivity index (χ1n) is 5.83. The SMILES string of the molecule is COC(C)(C)CNCc1cn(CCCO)nn1. The van der Waals surface area contributed by atoms with Crippen LogP contribution < -0.4 is 5.32 Å². The van der Waals surface area contributed by atoms with Gasteiger partial charge in [-0.15, -0.1) is 5.10 Å². The third-order valence-corrected chi connectivity index (χ3v) is 2.54. The van der Waals surface area contributed by atoms with E-state index in [1.807, 2.05) is 20.0 Å². The second kappa shape index (κ2) is 6.68. The van der Waals surface area contributed by atoms with Gasteiger partial charge in [-0.2, -0.15) is 0 Å². The molecule has 6 nitrogen and oxygen atoms in total. The third kappa shape index (κ3) is 5.25. The minimum Gasteiger partial charge on any atom is -0.396 e. The minimum absolute atomic E-state index is 0.174. The predicted molar refractivity (Wildman–Crippen MR) is 64.5 cm³/mol. The van der Waals surface area contributed by atoms with Gasteiger partial charge in [-0.05, 0) is 20.3 Å². The van der Waals surface area contributed by atoms with Crippen molar-refractivity contribution >= 4 is 0 Å².